The molecule has 0 bridgehead atoms. The van der Waals surface area contributed by atoms with E-state index >= 15 is 0 Å². The summed E-state index contributed by atoms with van der Waals surface area (Å²) in [7, 11) is 0. The second-order valence-electron chi connectivity index (χ2n) is 9.03. The number of rotatable bonds is 2. The van der Waals surface area contributed by atoms with Crippen LogP contribution in [0.4, 0.5) is 15.8 Å². The first-order valence-corrected chi connectivity index (χ1v) is 12.7. The zero-order valence-corrected chi connectivity index (χ0v) is 20.1. The van der Waals surface area contributed by atoms with Crippen LogP contribution in [0.25, 0.3) is 21.8 Å². The predicted octanol–water partition coefficient (Wildman–Crippen LogP) is 7.24. The lowest BCUT2D eigenvalue weighted by Gasteiger charge is -2.29. The van der Waals surface area contributed by atoms with E-state index in [2.05, 4.69) is 25.8 Å². The average molecular weight is 477 g/mol. The molecule has 0 saturated carbocycles. The second kappa shape index (κ2) is 10.6. The molecule has 4 heterocycles. The molecule has 6 heteroatoms. The van der Waals surface area contributed by atoms with Crippen molar-refractivity contribution < 1.29 is 4.39 Å². The summed E-state index contributed by atoms with van der Waals surface area (Å²) in [6, 6.07) is 15.0. The van der Waals surface area contributed by atoms with Gasteiger partial charge in [-0.1, -0.05) is 11.6 Å². The Morgan fingerprint density at radius 3 is 1.71 bits per heavy atom. The summed E-state index contributed by atoms with van der Waals surface area (Å²) < 4.78 is 13.7. The lowest BCUT2D eigenvalue weighted by Crippen LogP contribution is -2.29. The molecule has 176 valence electrons. The number of halogens is 2. The number of benzene rings is 2. The molecule has 2 aliphatic heterocycles. The molecule has 0 N–H and O–H groups in total. The quantitative estimate of drug-likeness (QED) is 0.305. The van der Waals surface area contributed by atoms with Gasteiger partial charge in [-0.2, -0.15) is 0 Å². The topological polar surface area (TPSA) is 32.3 Å². The number of pyridine rings is 2. The zero-order valence-electron chi connectivity index (χ0n) is 19.4. The predicted molar refractivity (Wildman–Crippen MR) is 141 cm³/mol. The van der Waals surface area contributed by atoms with Crippen LogP contribution >= 0.6 is 11.6 Å². The van der Waals surface area contributed by atoms with E-state index < -0.39 is 0 Å². The summed E-state index contributed by atoms with van der Waals surface area (Å²) in [6.07, 6.45) is 11.2. The van der Waals surface area contributed by atoms with E-state index in [-0.39, 0.29) is 5.82 Å². The molecule has 4 aromatic rings. The molecule has 4 nitrogen and oxygen atoms in total. The van der Waals surface area contributed by atoms with Crippen LogP contribution in [0.15, 0.2) is 60.9 Å². The highest BCUT2D eigenvalue weighted by Crippen LogP contribution is 2.32. The van der Waals surface area contributed by atoms with Gasteiger partial charge in [-0.25, -0.2) is 4.39 Å². The van der Waals surface area contributed by atoms with Crippen LogP contribution < -0.4 is 9.80 Å². The van der Waals surface area contributed by atoms with Crippen molar-refractivity contribution in [2.24, 2.45) is 0 Å². The third-order valence-corrected chi connectivity index (χ3v) is 7.11. The summed E-state index contributed by atoms with van der Waals surface area (Å²) in [5, 5.41) is 2.46. The van der Waals surface area contributed by atoms with Crippen LogP contribution in [-0.4, -0.2) is 36.1 Å². The van der Waals surface area contributed by atoms with E-state index in [1.54, 1.807) is 24.4 Å². The molecule has 2 fully saturated rings. The molecule has 0 atom stereocenters. The Kier molecular flexibility index (Phi) is 7.10. The summed E-state index contributed by atoms with van der Waals surface area (Å²) in [5.41, 5.74) is 4.11. The Bertz CT molecular complexity index is 1170. The van der Waals surface area contributed by atoms with E-state index in [0.29, 0.717) is 5.39 Å². The van der Waals surface area contributed by atoms with Gasteiger partial charge in [-0.15, -0.1) is 0 Å². The largest absolute Gasteiger partial charge is 0.370 e. The normalized spacial score (nSPS) is 16.4. The number of anilines is 2. The highest BCUT2D eigenvalue weighted by atomic mass is 35.5. The number of fused-ring (bicyclic) bond motifs is 2. The van der Waals surface area contributed by atoms with Gasteiger partial charge in [0.2, 0.25) is 0 Å². The van der Waals surface area contributed by atoms with Gasteiger partial charge >= 0.3 is 0 Å². The smallest absolute Gasteiger partial charge is 0.132 e. The zero-order chi connectivity index (χ0) is 23.3. The van der Waals surface area contributed by atoms with Gasteiger partial charge in [0.15, 0.2) is 0 Å². The van der Waals surface area contributed by atoms with Crippen molar-refractivity contribution in [2.75, 3.05) is 36.0 Å². The lowest BCUT2D eigenvalue weighted by atomic mass is 10.1. The van der Waals surface area contributed by atoms with Crippen molar-refractivity contribution in [3.63, 3.8) is 0 Å². The van der Waals surface area contributed by atoms with E-state index in [9.17, 15) is 4.39 Å². The Labute approximate surface area is 205 Å². The first-order valence-electron chi connectivity index (χ1n) is 12.3. The van der Waals surface area contributed by atoms with E-state index in [1.165, 1.54) is 44.2 Å². The Hall–Kier alpha value is -2.92. The van der Waals surface area contributed by atoms with Gasteiger partial charge < -0.3 is 9.80 Å². The van der Waals surface area contributed by atoms with E-state index in [1.807, 2.05) is 30.5 Å². The van der Waals surface area contributed by atoms with Crippen molar-refractivity contribution in [3.8, 4) is 0 Å². The van der Waals surface area contributed by atoms with Crippen LogP contribution in [0, 0.1) is 5.82 Å². The molecule has 2 saturated heterocycles. The molecule has 0 unspecified atom stereocenters. The van der Waals surface area contributed by atoms with Crippen molar-refractivity contribution in [3.05, 3.63) is 71.8 Å². The van der Waals surface area contributed by atoms with Gasteiger partial charge in [0.1, 0.15) is 5.82 Å². The molecule has 2 aromatic carbocycles. The molecule has 34 heavy (non-hydrogen) atoms. The minimum absolute atomic E-state index is 0.186. The third kappa shape index (κ3) is 4.80. The highest BCUT2D eigenvalue weighted by Gasteiger charge is 2.16. The third-order valence-electron chi connectivity index (χ3n) is 6.78. The number of piperidine rings is 2. The Morgan fingerprint density at radius 2 is 1.12 bits per heavy atom. The Balaban J connectivity index is 0.000000142. The van der Waals surface area contributed by atoms with Crippen molar-refractivity contribution >= 4 is 44.8 Å². The molecule has 0 amide bonds. The van der Waals surface area contributed by atoms with Crippen LogP contribution in [0.1, 0.15) is 38.5 Å². The van der Waals surface area contributed by atoms with Crippen LogP contribution in [0.2, 0.25) is 5.02 Å². The van der Waals surface area contributed by atoms with Crippen molar-refractivity contribution in [1.29, 1.82) is 0 Å². The standard InChI is InChI=1S/C14H15ClN2.C14H15FN2/c2*15-12-6-7-13(17-9-2-1-3-10-17)14-11(12)5-4-8-16-14/h2*4-8H,1-3,9-10H2. The fourth-order valence-corrected chi connectivity index (χ4v) is 5.24. The fourth-order valence-electron chi connectivity index (χ4n) is 5.03. The monoisotopic (exact) mass is 476 g/mol. The number of hydrogen-bond donors (Lipinski definition) is 0. The number of nitrogens with zero attached hydrogens (tertiary/aromatic N) is 4. The molecule has 2 aliphatic rings. The molecular weight excluding hydrogens is 447 g/mol. The maximum Gasteiger partial charge on any atom is 0.132 e. The minimum atomic E-state index is -0.186. The SMILES string of the molecule is Clc1ccc(N2CCCCC2)c2ncccc12.Fc1ccc(N2CCCCC2)c2ncccc12. The molecular formula is C28H30ClFN4. The lowest BCUT2D eigenvalue weighted by molar-refractivity contribution is 0.578. The summed E-state index contributed by atoms with van der Waals surface area (Å²) >= 11 is 6.21. The van der Waals surface area contributed by atoms with Gasteiger partial charge in [0, 0.05) is 49.3 Å². The van der Waals surface area contributed by atoms with Crippen LogP contribution in [-0.2, 0) is 0 Å². The van der Waals surface area contributed by atoms with Gasteiger partial charge in [-0.05, 0) is 87.1 Å². The molecule has 0 radical (unpaired) electrons. The van der Waals surface area contributed by atoms with Crippen LogP contribution in [0.3, 0.4) is 0 Å². The maximum absolute atomic E-state index is 13.7. The first kappa shape index (κ1) is 22.9. The van der Waals surface area contributed by atoms with Crippen molar-refractivity contribution in [1.82, 2.24) is 9.97 Å². The second-order valence-corrected chi connectivity index (χ2v) is 9.43. The molecule has 0 spiro atoms. The van der Waals surface area contributed by atoms with Crippen molar-refractivity contribution in [2.45, 2.75) is 38.5 Å². The van der Waals surface area contributed by atoms with Crippen LogP contribution in [0.5, 0.6) is 0 Å². The number of hydrogen-bond acceptors (Lipinski definition) is 4. The van der Waals surface area contributed by atoms with E-state index in [0.717, 1.165) is 53.3 Å². The van der Waals surface area contributed by atoms with E-state index in [4.69, 9.17) is 11.6 Å². The minimum Gasteiger partial charge on any atom is -0.370 e. The van der Waals surface area contributed by atoms with Gasteiger partial charge in [0.25, 0.3) is 0 Å². The average Bonchev–Trinajstić information content (AvgIpc) is 2.91. The summed E-state index contributed by atoms with van der Waals surface area (Å²) in [4.78, 5) is 13.6. The fraction of sp³-hybridized carbons (Fsp3) is 0.357. The van der Waals surface area contributed by atoms with Gasteiger partial charge in [-0.3, -0.25) is 9.97 Å². The maximum atomic E-state index is 13.7. The molecule has 0 aliphatic carbocycles. The number of aromatic nitrogens is 2. The summed E-state index contributed by atoms with van der Waals surface area (Å²) in [5.74, 6) is -0.186. The molecule has 2 aromatic heterocycles. The first-order chi connectivity index (χ1) is 16.7. The molecule has 6 rings (SSSR count). The van der Waals surface area contributed by atoms with Gasteiger partial charge in [0.05, 0.1) is 27.4 Å². The highest BCUT2D eigenvalue weighted by molar-refractivity contribution is 6.35. The summed E-state index contributed by atoms with van der Waals surface area (Å²) in [6.45, 7) is 4.37. The Morgan fingerprint density at radius 1 is 0.618 bits per heavy atom.